The molecule has 1 aromatic carbocycles. The van der Waals surface area contributed by atoms with Crippen LogP contribution in [0.2, 0.25) is 0 Å². The van der Waals surface area contributed by atoms with Crippen molar-refractivity contribution in [3.05, 3.63) is 68.2 Å². The molecule has 0 aliphatic carbocycles. The second-order valence-electron chi connectivity index (χ2n) is 7.39. The van der Waals surface area contributed by atoms with Gasteiger partial charge in [-0.25, -0.2) is 0 Å². The predicted octanol–water partition coefficient (Wildman–Crippen LogP) is 3.12. The lowest BCUT2D eigenvalue weighted by Crippen LogP contribution is -2.38. The number of carbonyl (C=O) groups excluding carboxylic acids is 1. The van der Waals surface area contributed by atoms with E-state index in [0.717, 1.165) is 44.1 Å². The minimum Gasteiger partial charge on any atom is -0.450 e. The summed E-state index contributed by atoms with van der Waals surface area (Å²) < 4.78 is 11.3. The number of fused-ring (bicyclic) bond motifs is 2. The van der Waals surface area contributed by atoms with Gasteiger partial charge in [0.15, 0.2) is 5.43 Å². The molecule has 2 aliphatic rings. The number of nitrogens with zero attached hydrogens (tertiary/aromatic N) is 2. The molecule has 4 heterocycles. The minimum atomic E-state index is -0.372. The number of hydrogen-bond donors (Lipinski definition) is 0. The highest BCUT2D eigenvalue weighted by molar-refractivity contribution is 7.10. The van der Waals surface area contributed by atoms with E-state index in [1.165, 1.54) is 0 Å². The summed E-state index contributed by atoms with van der Waals surface area (Å²) in [5, 5.41) is 2.50. The van der Waals surface area contributed by atoms with Crippen LogP contribution in [0.15, 0.2) is 51.0 Å². The van der Waals surface area contributed by atoms with Gasteiger partial charge >= 0.3 is 0 Å². The maximum absolute atomic E-state index is 13.3. The van der Waals surface area contributed by atoms with Crippen molar-refractivity contribution in [2.45, 2.75) is 12.5 Å². The van der Waals surface area contributed by atoms with E-state index in [1.54, 1.807) is 28.4 Å². The van der Waals surface area contributed by atoms with E-state index in [-0.39, 0.29) is 23.1 Å². The van der Waals surface area contributed by atoms with E-state index in [2.05, 4.69) is 4.90 Å². The number of benzene rings is 1. The number of carbonyl (C=O) groups is 1. The van der Waals surface area contributed by atoms with Crippen molar-refractivity contribution in [3.63, 3.8) is 0 Å². The molecule has 0 spiro atoms. The molecular weight excluding hydrogens is 388 g/mol. The lowest BCUT2D eigenvalue weighted by Gasteiger charge is -2.28. The number of amides is 1. The quantitative estimate of drug-likeness (QED) is 0.647. The van der Waals surface area contributed by atoms with E-state index in [9.17, 15) is 9.59 Å². The summed E-state index contributed by atoms with van der Waals surface area (Å²) in [4.78, 5) is 31.7. The van der Waals surface area contributed by atoms with Crippen LogP contribution >= 0.6 is 11.3 Å². The number of hydrogen-bond acceptors (Lipinski definition) is 6. The van der Waals surface area contributed by atoms with Crippen molar-refractivity contribution < 1.29 is 13.9 Å². The number of morpholine rings is 1. The Kier molecular flexibility index (Phi) is 4.95. The van der Waals surface area contributed by atoms with Crippen LogP contribution in [-0.4, -0.2) is 55.1 Å². The Balaban J connectivity index is 1.49. The summed E-state index contributed by atoms with van der Waals surface area (Å²) >= 11 is 1.56. The molecule has 5 rings (SSSR count). The van der Waals surface area contributed by atoms with Crippen LogP contribution < -0.4 is 5.43 Å². The van der Waals surface area contributed by atoms with Crippen molar-refractivity contribution in [1.82, 2.24) is 9.80 Å². The Labute approximate surface area is 172 Å². The van der Waals surface area contributed by atoms with Gasteiger partial charge in [-0.15, -0.1) is 11.3 Å². The van der Waals surface area contributed by atoms with Gasteiger partial charge in [0.25, 0.3) is 5.91 Å². The van der Waals surface area contributed by atoms with E-state index < -0.39 is 0 Å². The van der Waals surface area contributed by atoms with Gasteiger partial charge in [0, 0.05) is 31.1 Å². The molecule has 2 aliphatic heterocycles. The van der Waals surface area contributed by atoms with E-state index in [0.29, 0.717) is 23.1 Å². The molecule has 0 saturated carbocycles. The molecule has 3 aromatic rings. The van der Waals surface area contributed by atoms with Crippen LogP contribution in [0.1, 0.15) is 33.5 Å². The van der Waals surface area contributed by atoms with Crippen LogP contribution in [0.3, 0.4) is 0 Å². The lowest BCUT2D eigenvalue weighted by molar-refractivity contribution is 0.0354. The zero-order valence-electron chi connectivity index (χ0n) is 16.0. The molecule has 1 atom stereocenters. The summed E-state index contributed by atoms with van der Waals surface area (Å²) in [6.45, 7) is 4.86. The van der Waals surface area contributed by atoms with Crippen molar-refractivity contribution in [2.24, 2.45) is 0 Å². The summed E-state index contributed by atoms with van der Waals surface area (Å²) in [7, 11) is 0. The first-order valence-electron chi connectivity index (χ1n) is 9.94. The monoisotopic (exact) mass is 410 g/mol. The molecule has 0 unspecified atom stereocenters. The van der Waals surface area contributed by atoms with E-state index in [1.807, 2.05) is 29.6 Å². The molecule has 0 N–H and O–H groups in total. The van der Waals surface area contributed by atoms with E-state index >= 15 is 0 Å². The van der Waals surface area contributed by atoms with Crippen molar-refractivity contribution in [3.8, 4) is 0 Å². The SMILES string of the molecule is O=C1c2oc3ccccc3c(=O)c2[C@@H](c2cccs2)N1CCCN1CCOCC1. The maximum Gasteiger partial charge on any atom is 0.290 e. The molecule has 150 valence electrons. The van der Waals surface area contributed by atoms with Crippen molar-refractivity contribution in [1.29, 1.82) is 0 Å². The fraction of sp³-hybridized carbons (Fsp3) is 0.364. The summed E-state index contributed by atoms with van der Waals surface area (Å²) in [6, 6.07) is 10.7. The summed E-state index contributed by atoms with van der Waals surface area (Å²) in [5.41, 5.74) is 0.830. The van der Waals surface area contributed by atoms with Crippen LogP contribution in [0.5, 0.6) is 0 Å². The maximum atomic E-state index is 13.3. The van der Waals surface area contributed by atoms with Gasteiger partial charge in [-0.1, -0.05) is 18.2 Å². The Morgan fingerprint density at radius 2 is 1.86 bits per heavy atom. The highest BCUT2D eigenvalue weighted by atomic mass is 32.1. The second-order valence-corrected chi connectivity index (χ2v) is 8.37. The third-order valence-electron chi connectivity index (χ3n) is 5.66. The fourth-order valence-electron chi connectivity index (χ4n) is 4.23. The minimum absolute atomic E-state index is 0.107. The smallest absolute Gasteiger partial charge is 0.290 e. The third-order valence-corrected chi connectivity index (χ3v) is 6.59. The Morgan fingerprint density at radius 3 is 2.66 bits per heavy atom. The lowest BCUT2D eigenvalue weighted by atomic mass is 10.0. The van der Waals surface area contributed by atoms with Gasteiger partial charge in [-0.05, 0) is 30.0 Å². The van der Waals surface area contributed by atoms with Crippen LogP contribution in [0.25, 0.3) is 11.0 Å². The molecule has 2 aromatic heterocycles. The molecule has 1 amide bonds. The zero-order valence-corrected chi connectivity index (χ0v) is 16.8. The molecule has 1 saturated heterocycles. The number of rotatable bonds is 5. The van der Waals surface area contributed by atoms with Crippen molar-refractivity contribution in [2.75, 3.05) is 39.4 Å². The van der Waals surface area contributed by atoms with Gasteiger partial charge in [-0.3, -0.25) is 14.5 Å². The summed E-state index contributed by atoms with van der Waals surface area (Å²) in [5.74, 6) is 0.00158. The van der Waals surface area contributed by atoms with E-state index in [4.69, 9.17) is 9.15 Å². The Morgan fingerprint density at radius 1 is 1.03 bits per heavy atom. The molecule has 0 radical (unpaired) electrons. The zero-order chi connectivity index (χ0) is 19.8. The molecule has 7 heteroatoms. The van der Waals surface area contributed by atoms with Crippen LogP contribution in [-0.2, 0) is 4.74 Å². The van der Waals surface area contributed by atoms with Gasteiger partial charge in [0.1, 0.15) is 5.58 Å². The van der Waals surface area contributed by atoms with Gasteiger partial charge in [0.2, 0.25) is 5.76 Å². The van der Waals surface area contributed by atoms with Gasteiger partial charge in [0.05, 0.1) is 30.2 Å². The van der Waals surface area contributed by atoms with Crippen LogP contribution in [0, 0.1) is 0 Å². The van der Waals surface area contributed by atoms with Gasteiger partial charge in [-0.2, -0.15) is 0 Å². The first-order valence-corrected chi connectivity index (χ1v) is 10.8. The van der Waals surface area contributed by atoms with Crippen molar-refractivity contribution >= 4 is 28.2 Å². The molecule has 29 heavy (non-hydrogen) atoms. The Bertz CT molecular complexity index is 1090. The molecule has 0 bridgehead atoms. The highest BCUT2D eigenvalue weighted by Crippen LogP contribution is 2.39. The first-order chi connectivity index (χ1) is 14.2. The average molecular weight is 410 g/mol. The third kappa shape index (κ3) is 3.29. The van der Waals surface area contributed by atoms with Gasteiger partial charge < -0.3 is 14.1 Å². The fourth-order valence-corrected chi connectivity index (χ4v) is 5.08. The topological polar surface area (TPSA) is 63.0 Å². The number of thiophene rings is 1. The molecular formula is C22H22N2O4S. The Hall–Kier alpha value is -2.48. The normalized spacial score (nSPS) is 19.8. The first kappa shape index (κ1) is 18.5. The number of para-hydroxylation sites is 1. The standard InChI is InChI=1S/C22H22N2O4S/c25-20-15-5-1-2-6-16(15)28-21-18(20)19(17-7-3-14-29-17)24(22(21)26)9-4-8-23-10-12-27-13-11-23/h1-3,5-7,14,19H,4,8-13H2/t19-/m1/s1. The summed E-state index contributed by atoms with van der Waals surface area (Å²) in [6.07, 6.45) is 0.843. The largest absolute Gasteiger partial charge is 0.450 e. The molecule has 6 nitrogen and oxygen atoms in total. The predicted molar refractivity (Wildman–Crippen MR) is 112 cm³/mol. The van der Waals surface area contributed by atoms with Crippen LogP contribution in [0.4, 0.5) is 0 Å². The average Bonchev–Trinajstić information content (AvgIpc) is 3.37. The highest BCUT2D eigenvalue weighted by Gasteiger charge is 2.42. The second kappa shape index (κ2) is 7.74. The number of ether oxygens (including phenoxy) is 1. The molecule has 1 fully saturated rings.